The molecule has 4 N–H and O–H groups in total. The van der Waals surface area contributed by atoms with Crippen LogP contribution in [0.25, 0.3) is 22.3 Å². The van der Waals surface area contributed by atoms with E-state index in [0.717, 1.165) is 22.3 Å². The minimum atomic E-state index is -1.19. The number of carbonyl (C=O) groups excluding carboxylic acids is 1. The highest BCUT2D eigenvalue weighted by Gasteiger charge is 2.25. The van der Waals surface area contributed by atoms with E-state index in [4.69, 9.17) is 0 Å². The Hall–Kier alpha value is -5.25. The highest BCUT2D eigenvalue weighted by molar-refractivity contribution is 6.00. The maximum Gasteiger partial charge on any atom is 0.328 e. The second-order valence-electron chi connectivity index (χ2n) is 8.50. The summed E-state index contributed by atoms with van der Waals surface area (Å²) in [6.07, 6.45) is 3.30. The van der Waals surface area contributed by atoms with Crippen molar-refractivity contribution in [3.8, 4) is 11.4 Å². The van der Waals surface area contributed by atoms with E-state index in [1.165, 1.54) is 0 Å². The van der Waals surface area contributed by atoms with E-state index in [1.807, 2.05) is 42.5 Å². The Balaban J connectivity index is 1.38. The summed E-state index contributed by atoms with van der Waals surface area (Å²) in [6.45, 7) is -0.0137. The van der Waals surface area contributed by atoms with Gasteiger partial charge in [-0.25, -0.2) is 19.7 Å². The molecule has 190 valence electrons. The number of aliphatic carboxylic acids is 1. The average Bonchev–Trinajstić information content (AvgIpc) is 3.39. The van der Waals surface area contributed by atoms with Gasteiger partial charge in [-0.05, 0) is 54.6 Å². The number of aromatic nitrogens is 4. The topological polar surface area (TPSA) is 136 Å². The number of hydrogen-bond acceptors (Lipinski definition) is 7. The fourth-order valence-corrected chi connectivity index (χ4v) is 4.10. The van der Waals surface area contributed by atoms with Crippen molar-refractivity contribution < 1.29 is 14.7 Å². The summed E-state index contributed by atoms with van der Waals surface area (Å²) in [5.74, 6) is -0.567. The van der Waals surface area contributed by atoms with Gasteiger partial charge in [-0.1, -0.05) is 24.3 Å². The van der Waals surface area contributed by atoms with E-state index in [1.54, 1.807) is 60.7 Å². The summed E-state index contributed by atoms with van der Waals surface area (Å²) in [5, 5.41) is 16.4. The number of nitrogens with zero attached hydrogens (tertiary/aromatic N) is 4. The van der Waals surface area contributed by atoms with Crippen molar-refractivity contribution >= 4 is 40.2 Å². The number of hydrogen-bond donors (Lipinski definition) is 4. The number of aromatic amines is 1. The minimum Gasteiger partial charge on any atom is -0.480 e. The van der Waals surface area contributed by atoms with Crippen molar-refractivity contribution in [3.05, 3.63) is 96.8 Å². The highest BCUT2D eigenvalue weighted by atomic mass is 16.4. The molecule has 5 aromatic rings. The van der Waals surface area contributed by atoms with Crippen LogP contribution in [0.5, 0.6) is 0 Å². The summed E-state index contributed by atoms with van der Waals surface area (Å²) >= 11 is 0. The number of H-pyrrole nitrogens is 1. The number of benzene rings is 2. The number of amides is 1. The molecule has 5 rings (SSSR count). The number of carboxylic acids is 1. The molecule has 0 radical (unpaired) electrons. The third-order valence-electron chi connectivity index (χ3n) is 6.00. The largest absolute Gasteiger partial charge is 0.480 e. The summed E-state index contributed by atoms with van der Waals surface area (Å²) < 4.78 is 0. The van der Waals surface area contributed by atoms with Crippen molar-refractivity contribution in [2.45, 2.75) is 6.04 Å². The number of nitrogens with one attached hydrogen (secondary N) is 3. The summed E-state index contributed by atoms with van der Waals surface area (Å²) in [5.41, 5.74) is 3.40. The van der Waals surface area contributed by atoms with Crippen molar-refractivity contribution in [1.82, 2.24) is 25.3 Å². The normalized spacial score (nSPS) is 11.6. The van der Waals surface area contributed by atoms with Crippen LogP contribution in [0.15, 0.2) is 91.3 Å². The molecule has 0 spiro atoms. The van der Waals surface area contributed by atoms with Crippen molar-refractivity contribution in [1.29, 1.82) is 0 Å². The van der Waals surface area contributed by atoms with Crippen molar-refractivity contribution in [2.75, 3.05) is 23.8 Å². The molecule has 0 aliphatic rings. The SMILES string of the molecule is CNc1nccc(-c2cc3cc(C(=O)N[C@@H](CN(c4ccccc4)c4ccccn4)C(=O)O)ccc3[nH]2)n1. The molecule has 1 atom stereocenters. The molecule has 3 heterocycles. The Labute approximate surface area is 218 Å². The molecule has 2 aromatic carbocycles. The fourth-order valence-electron chi connectivity index (χ4n) is 4.10. The Bertz CT molecular complexity index is 1530. The molecule has 38 heavy (non-hydrogen) atoms. The number of fused-ring (bicyclic) bond motifs is 1. The quantitative estimate of drug-likeness (QED) is 0.234. The van der Waals surface area contributed by atoms with Gasteiger partial charge in [0.25, 0.3) is 5.91 Å². The Morgan fingerprint density at radius 1 is 0.974 bits per heavy atom. The number of para-hydroxylation sites is 1. The predicted molar refractivity (Wildman–Crippen MR) is 145 cm³/mol. The van der Waals surface area contributed by atoms with Crippen LogP contribution in [-0.2, 0) is 4.79 Å². The van der Waals surface area contributed by atoms with Crippen LogP contribution in [0, 0.1) is 0 Å². The molecule has 1 amide bonds. The Morgan fingerprint density at radius 3 is 2.53 bits per heavy atom. The van der Waals surface area contributed by atoms with Gasteiger partial charge in [-0.3, -0.25) is 4.79 Å². The van der Waals surface area contributed by atoms with Crippen LogP contribution in [0.2, 0.25) is 0 Å². The smallest absolute Gasteiger partial charge is 0.328 e. The molecule has 0 fully saturated rings. The maximum atomic E-state index is 13.2. The zero-order chi connectivity index (χ0) is 26.5. The van der Waals surface area contributed by atoms with Gasteiger partial charge < -0.3 is 25.6 Å². The second kappa shape index (κ2) is 10.8. The van der Waals surface area contributed by atoms with E-state index in [-0.39, 0.29) is 6.54 Å². The lowest BCUT2D eigenvalue weighted by molar-refractivity contribution is -0.138. The van der Waals surface area contributed by atoms with Gasteiger partial charge in [-0.2, -0.15) is 0 Å². The third-order valence-corrected chi connectivity index (χ3v) is 6.00. The summed E-state index contributed by atoms with van der Waals surface area (Å²) in [6, 6.07) is 22.4. The van der Waals surface area contributed by atoms with Crippen molar-refractivity contribution in [2.24, 2.45) is 0 Å². The van der Waals surface area contributed by atoms with Crippen LogP contribution in [0.3, 0.4) is 0 Å². The van der Waals surface area contributed by atoms with Crippen LogP contribution in [-0.4, -0.2) is 56.6 Å². The first-order valence-corrected chi connectivity index (χ1v) is 11.9. The molecule has 3 aromatic heterocycles. The van der Waals surface area contributed by atoms with Gasteiger partial charge in [0.1, 0.15) is 11.9 Å². The van der Waals surface area contributed by atoms with Gasteiger partial charge in [0.05, 0.1) is 17.9 Å². The molecule has 0 aliphatic heterocycles. The molecule has 10 heteroatoms. The second-order valence-corrected chi connectivity index (χ2v) is 8.50. The number of carboxylic acid groups (broad SMARTS) is 1. The third kappa shape index (κ3) is 5.29. The molecule has 0 saturated heterocycles. The standard InChI is InChI=1S/C28H25N7O3/c1-29-28-31-14-12-22(34-28)23-16-19-15-18(10-11-21(19)32-23)26(36)33-24(27(37)38)17-35(20-7-3-2-4-8-20)25-9-5-6-13-30-25/h2-16,24,32H,17H2,1H3,(H,33,36)(H,37,38)(H,29,31,34)/t24-/m0/s1. The van der Waals surface area contributed by atoms with E-state index in [0.29, 0.717) is 23.0 Å². The molecule has 0 unspecified atom stereocenters. The first-order chi connectivity index (χ1) is 18.5. The predicted octanol–water partition coefficient (Wildman–Crippen LogP) is 4.08. The first kappa shape index (κ1) is 24.4. The van der Waals surface area contributed by atoms with Crippen LogP contribution in [0.1, 0.15) is 10.4 Å². The lowest BCUT2D eigenvalue weighted by atomic mass is 10.1. The van der Waals surface area contributed by atoms with Gasteiger partial charge in [0, 0.05) is 41.6 Å². The molecule has 0 saturated carbocycles. The zero-order valence-electron chi connectivity index (χ0n) is 20.5. The Kier molecular flexibility index (Phi) is 6.94. The summed E-state index contributed by atoms with van der Waals surface area (Å²) in [7, 11) is 1.75. The fraction of sp³-hybridized carbons (Fsp3) is 0.107. The monoisotopic (exact) mass is 507 g/mol. The van der Waals surface area contributed by atoms with Gasteiger partial charge in [0.2, 0.25) is 5.95 Å². The van der Waals surface area contributed by atoms with Gasteiger partial charge >= 0.3 is 5.97 Å². The van der Waals surface area contributed by atoms with Crippen LogP contribution in [0.4, 0.5) is 17.5 Å². The molecular weight excluding hydrogens is 482 g/mol. The first-order valence-electron chi connectivity index (χ1n) is 11.9. The molecular formula is C28H25N7O3. The van der Waals surface area contributed by atoms with Gasteiger partial charge in [0.15, 0.2) is 0 Å². The maximum absolute atomic E-state index is 13.2. The van der Waals surface area contributed by atoms with Crippen LogP contribution >= 0.6 is 0 Å². The van der Waals surface area contributed by atoms with Crippen LogP contribution < -0.4 is 15.5 Å². The lowest BCUT2D eigenvalue weighted by Crippen LogP contribution is -2.47. The number of rotatable bonds is 9. The molecule has 0 bridgehead atoms. The van der Waals surface area contributed by atoms with E-state index < -0.39 is 17.9 Å². The van der Waals surface area contributed by atoms with Crippen molar-refractivity contribution in [3.63, 3.8) is 0 Å². The summed E-state index contributed by atoms with van der Waals surface area (Å²) in [4.78, 5) is 43.4. The zero-order valence-corrected chi connectivity index (χ0v) is 20.5. The average molecular weight is 508 g/mol. The Morgan fingerprint density at radius 2 is 1.79 bits per heavy atom. The molecule has 0 aliphatic carbocycles. The highest BCUT2D eigenvalue weighted by Crippen LogP contribution is 2.25. The number of carbonyl (C=O) groups is 2. The number of pyridine rings is 1. The number of anilines is 3. The van der Waals surface area contributed by atoms with Gasteiger partial charge in [-0.15, -0.1) is 0 Å². The van der Waals surface area contributed by atoms with E-state index in [9.17, 15) is 14.7 Å². The van der Waals surface area contributed by atoms with E-state index >= 15 is 0 Å². The van der Waals surface area contributed by atoms with E-state index in [2.05, 4.69) is 30.6 Å². The minimum absolute atomic E-state index is 0.0137. The lowest BCUT2D eigenvalue weighted by Gasteiger charge is -2.27. The molecule has 10 nitrogen and oxygen atoms in total.